The van der Waals surface area contributed by atoms with Crippen molar-refractivity contribution in [2.24, 2.45) is 0 Å². The molecular formula is C21H21ClF7NO. The normalized spacial score (nSPS) is 20.8. The van der Waals surface area contributed by atoms with Crippen molar-refractivity contribution in [1.29, 1.82) is 0 Å². The van der Waals surface area contributed by atoms with E-state index < -0.39 is 41.5 Å². The summed E-state index contributed by atoms with van der Waals surface area (Å²) >= 11 is 0. The van der Waals surface area contributed by atoms with Crippen LogP contribution in [0.3, 0.4) is 0 Å². The quantitative estimate of drug-likeness (QED) is 0.513. The van der Waals surface area contributed by atoms with Gasteiger partial charge in [-0.3, -0.25) is 0 Å². The predicted molar refractivity (Wildman–Crippen MR) is 104 cm³/mol. The van der Waals surface area contributed by atoms with Gasteiger partial charge in [-0.05, 0) is 61.3 Å². The molecule has 0 unspecified atom stereocenters. The van der Waals surface area contributed by atoms with Gasteiger partial charge in [0, 0.05) is 12.5 Å². The minimum atomic E-state index is -4.92. The minimum Gasteiger partial charge on any atom is -0.370 e. The Morgan fingerprint density at radius 2 is 1.48 bits per heavy atom. The van der Waals surface area contributed by atoms with Crippen molar-refractivity contribution in [3.8, 4) is 0 Å². The number of alkyl halides is 6. The summed E-state index contributed by atoms with van der Waals surface area (Å²) in [5, 5.41) is 3.18. The lowest BCUT2D eigenvalue weighted by Gasteiger charge is -2.34. The van der Waals surface area contributed by atoms with Gasteiger partial charge < -0.3 is 10.1 Å². The van der Waals surface area contributed by atoms with E-state index in [4.69, 9.17) is 4.74 Å². The molecule has 31 heavy (non-hydrogen) atoms. The molecule has 0 radical (unpaired) electrons. The summed E-state index contributed by atoms with van der Waals surface area (Å²) in [6, 6.07) is 7.27. The van der Waals surface area contributed by atoms with Crippen LogP contribution in [0, 0.1) is 5.82 Å². The first-order valence-corrected chi connectivity index (χ1v) is 9.36. The molecule has 0 amide bonds. The van der Waals surface area contributed by atoms with E-state index in [-0.39, 0.29) is 30.0 Å². The molecule has 0 bridgehead atoms. The minimum absolute atomic E-state index is 0. The van der Waals surface area contributed by atoms with Crippen LogP contribution in [0.4, 0.5) is 30.7 Å². The van der Waals surface area contributed by atoms with E-state index in [1.54, 1.807) is 12.1 Å². The molecule has 3 atom stereocenters. The van der Waals surface area contributed by atoms with Gasteiger partial charge in [0.25, 0.3) is 0 Å². The van der Waals surface area contributed by atoms with Crippen LogP contribution >= 0.6 is 12.4 Å². The average Bonchev–Trinajstić information content (AvgIpc) is 2.67. The summed E-state index contributed by atoms with van der Waals surface area (Å²) in [5.41, 5.74) is -2.17. The first-order valence-electron chi connectivity index (χ1n) is 9.36. The van der Waals surface area contributed by atoms with Gasteiger partial charge in [-0.2, -0.15) is 26.3 Å². The van der Waals surface area contributed by atoms with Crippen LogP contribution in [0.5, 0.6) is 0 Å². The van der Waals surface area contributed by atoms with E-state index in [0.29, 0.717) is 31.6 Å². The smallest absolute Gasteiger partial charge is 0.370 e. The molecule has 172 valence electrons. The van der Waals surface area contributed by atoms with Crippen molar-refractivity contribution < 1.29 is 35.5 Å². The van der Waals surface area contributed by atoms with Gasteiger partial charge in [-0.15, -0.1) is 12.4 Å². The number of ether oxygens (including phenoxy) is 1. The van der Waals surface area contributed by atoms with Crippen molar-refractivity contribution >= 4 is 12.4 Å². The van der Waals surface area contributed by atoms with E-state index in [2.05, 4.69) is 5.32 Å². The third kappa shape index (κ3) is 6.33. The molecule has 0 aliphatic carbocycles. The molecule has 0 saturated carbocycles. The lowest BCUT2D eigenvalue weighted by molar-refractivity contribution is -0.143. The third-order valence-electron chi connectivity index (χ3n) is 5.18. The highest BCUT2D eigenvalue weighted by Gasteiger charge is 2.38. The standard InChI is InChI=1S/C21H20F7NO.ClH/c1-12(14-8-15(20(23,24)25)10-16(9-14)21(26,27)28)30-19-6-7-29-11-18(19)13-2-4-17(22)5-3-13;/h2-5,8-10,12,18-19,29H,6-7,11H2,1H3;1H/t12-,18+,19+;/m1./s1. The van der Waals surface area contributed by atoms with E-state index >= 15 is 0 Å². The molecule has 2 nitrogen and oxygen atoms in total. The van der Waals surface area contributed by atoms with Crippen LogP contribution in [-0.4, -0.2) is 19.2 Å². The highest BCUT2D eigenvalue weighted by Crippen LogP contribution is 2.39. The maximum atomic E-state index is 13.2. The molecule has 1 N–H and O–H groups in total. The van der Waals surface area contributed by atoms with E-state index in [9.17, 15) is 30.7 Å². The van der Waals surface area contributed by atoms with E-state index in [0.717, 1.165) is 5.56 Å². The molecule has 1 fully saturated rings. The Labute approximate surface area is 181 Å². The van der Waals surface area contributed by atoms with E-state index in [1.165, 1.54) is 19.1 Å². The molecule has 1 aliphatic heterocycles. The molecule has 2 aromatic carbocycles. The first-order chi connectivity index (χ1) is 13.9. The highest BCUT2D eigenvalue weighted by molar-refractivity contribution is 5.85. The van der Waals surface area contributed by atoms with Gasteiger partial charge in [0.2, 0.25) is 0 Å². The maximum Gasteiger partial charge on any atom is 0.416 e. The lowest BCUT2D eigenvalue weighted by Crippen LogP contribution is -2.40. The van der Waals surface area contributed by atoms with Crippen molar-refractivity contribution in [3.05, 3.63) is 70.5 Å². The van der Waals surface area contributed by atoms with Gasteiger partial charge in [0.05, 0.1) is 23.3 Å². The van der Waals surface area contributed by atoms with Crippen LogP contribution in [0.2, 0.25) is 0 Å². The number of hydrogen-bond acceptors (Lipinski definition) is 2. The van der Waals surface area contributed by atoms with Gasteiger partial charge >= 0.3 is 12.4 Å². The number of nitrogens with one attached hydrogen (secondary N) is 1. The summed E-state index contributed by atoms with van der Waals surface area (Å²) in [4.78, 5) is 0. The highest BCUT2D eigenvalue weighted by atomic mass is 35.5. The maximum absolute atomic E-state index is 13.2. The largest absolute Gasteiger partial charge is 0.416 e. The number of benzene rings is 2. The zero-order chi connectivity index (χ0) is 22.1. The third-order valence-corrected chi connectivity index (χ3v) is 5.18. The van der Waals surface area contributed by atoms with Gasteiger partial charge in [0.1, 0.15) is 5.82 Å². The van der Waals surface area contributed by atoms with Crippen molar-refractivity contribution in [2.45, 2.75) is 43.8 Å². The molecule has 1 saturated heterocycles. The van der Waals surface area contributed by atoms with Crippen molar-refractivity contribution in [3.63, 3.8) is 0 Å². The number of piperidine rings is 1. The van der Waals surface area contributed by atoms with Crippen molar-refractivity contribution in [2.75, 3.05) is 13.1 Å². The number of hydrogen-bond donors (Lipinski definition) is 1. The Morgan fingerprint density at radius 1 is 0.935 bits per heavy atom. The summed E-state index contributed by atoms with van der Waals surface area (Å²) < 4.78 is 97.9. The molecule has 0 aromatic heterocycles. The van der Waals surface area contributed by atoms with Crippen LogP contribution in [0.1, 0.15) is 47.6 Å². The fourth-order valence-electron chi connectivity index (χ4n) is 3.59. The summed E-state index contributed by atoms with van der Waals surface area (Å²) in [6.07, 6.45) is -10.8. The zero-order valence-electron chi connectivity index (χ0n) is 16.4. The SMILES string of the molecule is C[C@@H](O[C@H]1CCNC[C@H]1c1ccc(F)cc1)c1cc(C(F)(F)F)cc(C(F)(F)F)c1.Cl. The van der Waals surface area contributed by atoms with Gasteiger partial charge in [-0.25, -0.2) is 4.39 Å². The van der Waals surface area contributed by atoms with Crippen LogP contribution in [0.15, 0.2) is 42.5 Å². The predicted octanol–water partition coefficient (Wildman–Crippen LogP) is 6.51. The summed E-state index contributed by atoms with van der Waals surface area (Å²) in [7, 11) is 0. The Bertz CT molecular complexity index is 835. The van der Waals surface area contributed by atoms with Crippen molar-refractivity contribution in [1.82, 2.24) is 5.32 Å². The number of halogens is 8. The fraction of sp³-hybridized carbons (Fsp3) is 0.429. The second-order valence-electron chi connectivity index (χ2n) is 7.31. The second-order valence-corrected chi connectivity index (χ2v) is 7.31. The Kier molecular flexibility index (Phi) is 7.99. The molecule has 3 rings (SSSR count). The molecular weight excluding hydrogens is 451 g/mol. The zero-order valence-corrected chi connectivity index (χ0v) is 17.2. The molecule has 2 aromatic rings. The van der Waals surface area contributed by atoms with E-state index in [1.807, 2.05) is 0 Å². The van der Waals surface area contributed by atoms with Gasteiger partial charge in [-0.1, -0.05) is 12.1 Å². The summed E-state index contributed by atoms with van der Waals surface area (Å²) in [5.74, 6) is -0.619. The topological polar surface area (TPSA) is 21.3 Å². The second kappa shape index (κ2) is 9.75. The molecule has 1 heterocycles. The average molecular weight is 472 g/mol. The summed E-state index contributed by atoms with van der Waals surface area (Å²) in [6.45, 7) is 2.52. The van der Waals surface area contributed by atoms with Gasteiger partial charge in [0.15, 0.2) is 0 Å². The van der Waals surface area contributed by atoms with Crippen LogP contribution < -0.4 is 5.32 Å². The molecule has 0 spiro atoms. The Balaban J connectivity index is 0.00000341. The number of rotatable bonds is 4. The molecule has 10 heteroatoms. The first kappa shape index (κ1) is 25.4. The van der Waals surface area contributed by atoms with Crippen LogP contribution in [0.25, 0.3) is 0 Å². The lowest BCUT2D eigenvalue weighted by atomic mass is 9.88. The fourth-order valence-corrected chi connectivity index (χ4v) is 3.59. The Hall–Kier alpha value is -1.84. The van der Waals surface area contributed by atoms with Crippen LogP contribution in [-0.2, 0) is 17.1 Å². The monoisotopic (exact) mass is 471 g/mol. The Morgan fingerprint density at radius 3 is 2.00 bits per heavy atom. The molecule has 1 aliphatic rings.